The lowest BCUT2D eigenvalue weighted by Crippen LogP contribution is -2.46. The molecule has 1 fully saturated rings. The Morgan fingerprint density at radius 2 is 1.73 bits per heavy atom. The van der Waals surface area contributed by atoms with Gasteiger partial charge in [-0.25, -0.2) is 9.18 Å². The largest absolute Gasteiger partial charge is 0.488 e. The van der Waals surface area contributed by atoms with E-state index in [1.807, 2.05) is 50.2 Å². The fourth-order valence-electron chi connectivity index (χ4n) is 4.77. The Bertz CT molecular complexity index is 1260. The van der Waals surface area contributed by atoms with E-state index in [4.69, 9.17) is 9.47 Å². The minimum Gasteiger partial charge on any atom is -0.488 e. The molecule has 0 atom stereocenters. The highest BCUT2D eigenvalue weighted by Crippen LogP contribution is 2.37. The molecular formula is C30H33FN2O4. The standard InChI is InChI=1S/C30H31FN2O3.H2O/c1-21(2)36-30(34)22-7-12-29-28(19-22)27(26-6-4-3-5-23(26)20-35-29)13-14-32-15-17-33(18-16-32)25-10-8-24(31)9-11-25;/h3-13,19,21H,14-18,20H2,1-2H3;1H2/b27-13+;. The normalized spacial score (nSPS) is 16.3. The monoisotopic (exact) mass is 504 g/mol. The van der Waals surface area contributed by atoms with Gasteiger partial charge in [-0.2, -0.15) is 0 Å². The number of esters is 1. The van der Waals surface area contributed by atoms with E-state index in [-0.39, 0.29) is 23.4 Å². The van der Waals surface area contributed by atoms with E-state index < -0.39 is 0 Å². The van der Waals surface area contributed by atoms with Crippen molar-refractivity contribution < 1.29 is 24.1 Å². The summed E-state index contributed by atoms with van der Waals surface area (Å²) in [6.45, 7) is 8.55. The Hall–Kier alpha value is -3.68. The van der Waals surface area contributed by atoms with E-state index in [1.165, 1.54) is 12.1 Å². The third-order valence-corrected chi connectivity index (χ3v) is 6.66. The quantitative estimate of drug-likeness (QED) is 0.471. The number of ether oxygens (including phenoxy) is 2. The Morgan fingerprint density at radius 3 is 2.46 bits per heavy atom. The molecule has 2 aliphatic heterocycles. The van der Waals surface area contributed by atoms with Crippen molar-refractivity contribution >= 4 is 17.2 Å². The second-order valence-electron chi connectivity index (χ2n) is 9.49. The zero-order valence-corrected chi connectivity index (χ0v) is 21.2. The third kappa shape index (κ3) is 6.01. The van der Waals surface area contributed by atoms with Crippen LogP contribution in [0.25, 0.3) is 5.57 Å². The summed E-state index contributed by atoms with van der Waals surface area (Å²) in [5, 5.41) is 0. The summed E-state index contributed by atoms with van der Waals surface area (Å²) in [5.74, 6) is 0.221. The second-order valence-corrected chi connectivity index (χ2v) is 9.49. The summed E-state index contributed by atoms with van der Waals surface area (Å²) in [5.41, 5.74) is 5.78. The first-order valence-electron chi connectivity index (χ1n) is 12.5. The van der Waals surface area contributed by atoms with Gasteiger partial charge in [0.15, 0.2) is 0 Å². The molecule has 0 unspecified atom stereocenters. The molecule has 194 valence electrons. The molecular weight excluding hydrogens is 471 g/mol. The van der Waals surface area contributed by atoms with E-state index in [0.29, 0.717) is 12.2 Å². The van der Waals surface area contributed by atoms with Crippen LogP contribution >= 0.6 is 0 Å². The van der Waals surface area contributed by atoms with Crippen molar-refractivity contribution in [3.05, 3.63) is 101 Å². The molecule has 0 radical (unpaired) electrons. The van der Waals surface area contributed by atoms with E-state index in [0.717, 1.165) is 66.4 Å². The van der Waals surface area contributed by atoms with E-state index in [1.54, 1.807) is 6.07 Å². The maximum absolute atomic E-state index is 13.3. The van der Waals surface area contributed by atoms with Gasteiger partial charge in [0, 0.05) is 44.0 Å². The molecule has 0 spiro atoms. The summed E-state index contributed by atoms with van der Waals surface area (Å²) in [4.78, 5) is 17.3. The first-order valence-corrected chi connectivity index (χ1v) is 12.5. The Balaban J connectivity index is 0.00000320. The van der Waals surface area contributed by atoms with Gasteiger partial charge in [0.2, 0.25) is 0 Å². The molecule has 0 aromatic heterocycles. The van der Waals surface area contributed by atoms with Gasteiger partial charge in [-0.3, -0.25) is 4.90 Å². The van der Waals surface area contributed by atoms with Gasteiger partial charge < -0.3 is 19.8 Å². The molecule has 2 heterocycles. The highest BCUT2D eigenvalue weighted by molar-refractivity contribution is 5.93. The van der Waals surface area contributed by atoms with Crippen molar-refractivity contribution in [3.63, 3.8) is 0 Å². The Kier molecular flexibility index (Phi) is 8.26. The van der Waals surface area contributed by atoms with Crippen molar-refractivity contribution in [2.45, 2.75) is 26.6 Å². The van der Waals surface area contributed by atoms with Crippen LogP contribution in [0.3, 0.4) is 0 Å². The number of benzene rings is 3. The van der Waals surface area contributed by atoms with Crippen molar-refractivity contribution in [1.82, 2.24) is 4.90 Å². The van der Waals surface area contributed by atoms with Gasteiger partial charge in [-0.05, 0) is 73.0 Å². The maximum atomic E-state index is 13.3. The van der Waals surface area contributed by atoms with Crippen molar-refractivity contribution in [2.75, 3.05) is 37.6 Å². The van der Waals surface area contributed by atoms with Crippen LogP contribution in [-0.2, 0) is 11.3 Å². The number of carbonyl (C=O) groups excluding carboxylic acids is 1. The topological polar surface area (TPSA) is 73.5 Å². The summed E-state index contributed by atoms with van der Waals surface area (Å²) < 4.78 is 24.9. The zero-order chi connectivity index (χ0) is 25.1. The van der Waals surface area contributed by atoms with Crippen LogP contribution in [0.2, 0.25) is 0 Å². The summed E-state index contributed by atoms with van der Waals surface area (Å²) >= 11 is 0. The van der Waals surface area contributed by atoms with Crippen LogP contribution in [0.1, 0.15) is 40.9 Å². The number of rotatable bonds is 5. The molecule has 2 N–H and O–H groups in total. The number of halogens is 1. The molecule has 1 saturated heterocycles. The highest BCUT2D eigenvalue weighted by Gasteiger charge is 2.23. The van der Waals surface area contributed by atoms with E-state index in [9.17, 15) is 9.18 Å². The number of hydrogen-bond donors (Lipinski definition) is 0. The predicted molar refractivity (Wildman–Crippen MR) is 144 cm³/mol. The van der Waals surface area contributed by atoms with Crippen LogP contribution in [-0.4, -0.2) is 55.2 Å². The number of carbonyl (C=O) groups is 1. The molecule has 6 nitrogen and oxygen atoms in total. The minimum atomic E-state index is -0.332. The lowest BCUT2D eigenvalue weighted by atomic mass is 9.93. The number of hydrogen-bond acceptors (Lipinski definition) is 5. The summed E-state index contributed by atoms with van der Waals surface area (Å²) in [6, 6.07) is 20.5. The fourth-order valence-corrected chi connectivity index (χ4v) is 4.77. The van der Waals surface area contributed by atoms with Crippen LogP contribution in [0.4, 0.5) is 10.1 Å². The van der Waals surface area contributed by atoms with Gasteiger partial charge in [-0.15, -0.1) is 0 Å². The van der Waals surface area contributed by atoms with Crippen LogP contribution in [0.15, 0.2) is 72.8 Å². The smallest absolute Gasteiger partial charge is 0.338 e. The number of nitrogens with zero attached hydrogens (tertiary/aromatic N) is 2. The fraction of sp³-hybridized carbons (Fsp3) is 0.300. The molecule has 0 bridgehead atoms. The zero-order valence-electron chi connectivity index (χ0n) is 21.2. The minimum absolute atomic E-state index is 0. The van der Waals surface area contributed by atoms with Crippen LogP contribution in [0, 0.1) is 5.82 Å². The molecule has 0 amide bonds. The molecule has 0 saturated carbocycles. The van der Waals surface area contributed by atoms with E-state index in [2.05, 4.69) is 28.0 Å². The maximum Gasteiger partial charge on any atom is 0.338 e. The Morgan fingerprint density at radius 1 is 1.00 bits per heavy atom. The average molecular weight is 505 g/mol. The highest BCUT2D eigenvalue weighted by atomic mass is 19.1. The number of anilines is 1. The number of fused-ring (bicyclic) bond motifs is 2. The lowest BCUT2D eigenvalue weighted by Gasteiger charge is -2.35. The van der Waals surface area contributed by atoms with Gasteiger partial charge in [0.25, 0.3) is 0 Å². The third-order valence-electron chi connectivity index (χ3n) is 6.66. The van der Waals surface area contributed by atoms with Crippen molar-refractivity contribution in [1.29, 1.82) is 0 Å². The second kappa shape index (κ2) is 11.6. The van der Waals surface area contributed by atoms with Gasteiger partial charge in [0.05, 0.1) is 11.7 Å². The summed E-state index contributed by atoms with van der Waals surface area (Å²) in [6.07, 6.45) is 2.06. The predicted octanol–water partition coefficient (Wildman–Crippen LogP) is 4.71. The molecule has 3 aromatic carbocycles. The van der Waals surface area contributed by atoms with Crippen LogP contribution < -0.4 is 9.64 Å². The SMILES string of the molecule is CC(C)OC(=O)c1ccc2c(c1)/C(=C/CN1CCN(c3ccc(F)cc3)CC1)c1ccccc1CO2.O. The number of piperazine rings is 1. The van der Waals surface area contributed by atoms with Crippen LogP contribution in [0.5, 0.6) is 5.75 Å². The molecule has 2 aliphatic rings. The van der Waals surface area contributed by atoms with E-state index >= 15 is 0 Å². The van der Waals surface area contributed by atoms with Crippen molar-refractivity contribution in [2.24, 2.45) is 0 Å². The van der Waals surface area contributed by atoms with Gasteiger partial charge in [-0.1, -0.05) is 30.3 Å². The molecule has 3 aromatic rings. The Labute approximate surface area is 217 Å². The molecule has 37 heavy (non-hydrogen) atoms. The molecule has 5 rings (SSSR count). The first kappa shape index (κ1) is 26.4. The van der Waals surface area contributed by atoms with Gasteiger partial charge in [0.1, 0.15) is 18.2 Å². The summed E-state index contributed by atoms with van der Waals surface area (Å²) in [7, 11) is 0. The molecule has 7 heteroatoms. The average Bonchev–Trinajstić information content (AvgIpc) is 3.04. The first-order chi connectivity index (χ1) is 17.5. The van der Waals surface area contributed by atoms with Crippen molar-refractivity contribution in [3.8, 4) is 5.75 Å². The molecule has 0 aliphatic carbocycles. The lowest BCUT2D eigenvalue weighted by molar-refractivity contribution is 0.0378. The van der Waals surface area contributed by atoms with Gasteiger partial charge >= 0.3 is 5.97 Å².